The maximum Gasteiger partial charge on any atom is 0.329 e. The molecule has 0 aromatic heterocycles. The van der Waals surface area contributed by atoms with Crippen LogP contribution in [0.2, 0.25) is 0 Å². The number of nitrogens with one attached hydrogen (secondary N) is 1. The number of carbonyl (C=O) groups is 3. The zero-order chi connectivity index (χ0) is 33.1. The molecule has 0 bridgehead atoms. The van der Waals surface area contributed by atoms with Gasteiger partial charge in [0.1, 0.15) is 6.04 Å². The predicted octanol–water partition coefficient (Wildman–Crippen LogP) is 6.97. The van der Waals surface area contributed by atoms with Crippen molar-refractivity contribution in [3.8, 4) is 0 Å². The molecular formula is C37H58N6O3. The summed E-state index contributed by atoms with van der Waals surface area (Å²) in [6.45, 7) is 14.1. The molecule has 2 aromatic rings. The van der Waals surface area contributed by atoms with Crippen molar-refractivity contribution in [1.82, 2.24) is 24.9 Å². The Morgan fingerprint density at radius 2 is 1.22 bits per heavy atom. The van der Waals surface area contributed by atoms with Crippen LogP contribution in [-0.4, -0.2) is 103 Å². The highest BCUT2D eigenvalue weighted by Crippen LogP contribution is 2.28. The van der Waals surface area contributed by atoms with Gasteiger partial charge in [-0.3, -0.25) is 9.69 Å². The van der Waals surface area contributed by atoms with Crippen molar-refractivity contribution in [2.75, 3.05) is 63.8 Å². The van der Waals surface area contributed by atoms with E-state index in [1.807, 2.05) is 65.6 Å². The van der Waals surface area contributed by atoms with E-state index in [4.69, 9.17) is 0 Å². The number of unbranched alkanes of at least 4 members (excludes halogenated alkanes) is 4. The molecule has 0 saturated carbocycles. The van der Waals surface area contributed by atoms with Crippen molar-refractivity contribution >= 4 is 29.3 Å². The number of anilines is 2. The first-order valence-corrected chi connectivity index (χ1v) is 17.7. The molecule has 1 N–H and O–H groups in total. The molecule has 2 aromatic carbocycles. The van der Waals surface area contributed by atoms with Crippen LogP contribution in [0.25, 0.3) is 0 Å². The van der Waals surface area contributed by atoms with Crippen molar-refractivity contribution < 1.29 is 14.4 Å². The number of piperazine rings is 1. The number of hydrogen-bond acceptors (Lipinski definition) is 4. The summed E-state index contributed by atoms with van der Waals surface area (Å²) in [4.78, 5) is 51.8. The predicted molar refractivity (Wildman–Crippen MR) is 189 cm³/mol. The van der Waals surface area contributed by atoms with Gasteiger partial charge >= 0.3 is 12.1 Å². The third-order valence-corrected chi connectivity index (χ3v) is 8.56. The highest BCUT2D eigenvalue weighted by atomic mass is 16.2. The lowest BCUT2D eigenvalue weighted by Gasteiger charge is -2.43. The lowest BCUT2D eigenvalue weighted by atomic mass is 10.1. The van der Waals surface area contributed by atoms with Crippen LogP contribution in [0.4, 0.5) is 21.0 Å². The Bertz CT molecular complexity index is 1110. The molecule has 1 unspecified atom stereocenters. The van der Waals surface area contributed by atoms with Crippen LogP contribution in [0.15, 0.2) is 60.7 Å². The summed E-state index contributed by atoms with van der Waals surface area (Å²) in [5.74, 6) is -0.219. The molecule has 1 aliphatic heterocycles. The fraction of sp³-hybridized carbons (Fsp3) is 0.595. The van der Waals surface area contributed by atoms with Gasteiger partial charge in [-0.2, -0.15) is 0 Å². The lowest BCUT2D eigenvalue weighted by Crippen LogP contribution is -2.64. The Kier molecular flexibility index (Phi) is 16.4. The van der Waals surface area contributed by atoms with Crippen molar-refractivity contribution in [1.29, 1.82) is 0 Å². The zero-order valence-corrected chi connectivity index (χ0v) is 28.8. The van der Waals surface area contributed by atoms with Crippen LogP contribution >= 0.6 is 0 Å². The van der Waals surface area contributed by atoms with Crippen LogP contribution in [0.5, 0.6) is 0 Å². The van der Waals surface area contributed by atoms with Crippen LogP contribution in [0.1, 0.15) is 79.1 Å². The molecule has 46 heavy (non-hydrogen) atoms. The molecule has 1 aliphatic rings. The van der Waals surface area contributed by atoms with Gasteiger partial charge in [0.05, 0.1) is 17.9 Å². The number of amides is 5. The number of benzene rings is 2. The minimum absolute atomic E-state index is 0.0304. The average Bonchev–Trinajstić information content (AvgIpc) is 3.08. The van der Waals surface area contributed by atoms with E-state index < -0.39 is 6.04 Å². The normalized spacial score (nSPS) is 14.8. The number of rotatable bonds is 18. The van der Waals surface area contributed by atoms with Gasteiger partial charge in [0.25, 0.3) is 0 Å². The van der Waals surface area contributed by atoms with Crippen molar-refractivity contribution in [3.05, 3.63) is 60.7 Å². The number of para-hydroxylation sites is 2. The Balaban J connectivity index is 1.87. The summed E-state index contributed by atoms with van der Waals surface area (Å²) >= 11 is 0. The van der Waals surface area contributed by atoms with Crippen LogP contribution < -0.4 is 10.2 Å². The SMILES string of the molecule is CCCCCN(CCCCC)C(=O)N1CCN(C(=O)N(c2ccccc2)c2ccccc2)C(C(=O)NCCN(CCC)CCC)C1. The summed E-state index contributed by atoms with van der Waals surface area (Å²) in [6.07, 6.45) is 8.37. The standard InChI is InChI=1S/C37H58N6O3/c1-5-9-17-26-40(27-18-10-6-2)36(45)41-29-30-42(34(31-41)35(44)38-23-28-39(24-7-3)25-8-4)37(46)43(32-19-13-11-14-20-32)33-21-15-12-16-22-33/h11-16,19-22,34H,5-10,17-18,23-31H2,1-4H3,(H,38,44). The highest BCUT2D eigenvalue weighted by molar-refractivity contribution is 6.01. The van der Waals surface area contributed by atoms with Gasteiger partial charge in [-0.25, -0.2) is 9.59 Å². The molecule has 5 amide bonds. The maximum atomic E-state index is 14.5. The van der Waals surface area contributed by atoms with Gasteiger partial charge in [0, 0.05) is 39.3 Å². The van der Waals surface area contributed by atoms with Crippen LogP contribution in [0, 0.1) is 0 Å². The van der Waals surface area contributed by atoms with Gasteiger partial charge in [-0.05, 0) is 63.0 Å². The van der Waals surface area contributed by atoms with E-state index >= 15 is 0 Å². The van der Waals surface area contributed by atoms with E-state index in [9.17, 15) is 14.4 Å². The largest absolute Gasteiger partial charge is 0.353 e. The Hall–Kier alpha value is -3.59. The number of carbonyl (C=O) groups excluding carboxylic acids is 3. The van der Waals surface area contributed by atoms with E-state index in [-0.39, 0.29) is 31.1 Å². The quantitative estimate of drug-likeness (QED) is 0.180. The average molecular weight is 635 g/mol. The molecule has 0 spiro atoms. The third-order valence-electron chi connectivity index (χ3n) is 8.56. The first kappa shape index (κ1) is 36.9. The second-order valence-electron chi connectivity index (χ2n) is 12.3. The summed E-state index contributed by atoms with van der Waals surface area (Å²) in [6, 6.07) is 18.0. The Morgan fingerprint density at radius 3 is 1.72 bits per heavy atom. The molecule has 1 saturated heterocycles. The molecule has 0 radical (unpaired) electrons. The minimum atomic E-state index is -0.806. The molecular weight excluding hydrogens is 576 g/mol. The van der Waals surface area contributed by atoms with Crippen molar-refractivity contribution in [2.45, 2.75) is 85.1 Å². The van der Waals surface area contributed by atoms with Crippen LogP contribution in [0.3, 0.4) is 0 Å². The first-order valence-electron chi connectivity index (χ1n) is 17.7. The van der Waals surface area contributed by atoms with Gasteiger partial charge in [-0.1, -0.05) is 89.8 Å². The third kappa shape index (κ3) is 11.0. The summed E-state index contributed by atoms with van der Waals surface area (Å²) in [5, 5.41) is 3.13. The molecule has 1 atom stereocenters. The zero-order valence-electron chi connectivity index (χ0n) is 28.8. The smallest absolute Gasteiger partial charge is 0.329 e. The Morgan fingerprint density at radius 1 is 0.674 bits per heavy atom. The van der Waals surface area contributed by atoms with E-state index in [0.29, 0.717) is 26.2 Å². The topological polar surface area (TPSA) is 79.4 Å². The molecule has 0 aliphatic carbocycles. The van der Waals surface area contributed by atoms with Crippen LogP contribution in [-0.2, 0) is 4.79 Å². The van der Waals surface area contributed by atoms with Gasteiger partial charge in [0.15, 0.2) is 0 Å². The second-order valence-corrected chi connectivity index (χ2v) is 12.3. The van der Waals surface area contributed by atoms with E-state index in [2.05, 4.69) is 37.9 Å². The second kappa shape index (κ2) is 20.5. The van der Waals surface area contributed by atoms with Crippen molar-refractivity contribution in [3.63, 3.8) is 0 Å². The van der Waals surface area contributed by atoms with E-state index in [1.165, 1.54) is 0 Å². The lowest BCUT2D eigenvalue weighted by molar-refractivity contribution is -0.127. The molecule has 1 fully saturated rings. The Labute approximate surface area is 277 Å². The number of nitrogens with zero attached hydrogens (tertiary/aromatic N) is 5. The van der Waals surface area contributed by atoms with E-state index in [1.54, 1.807) is 14.7 Å². The first-order chi connectivity index (χ1) is 22.4. The molecule has 3 rings (SSSR count). The van der Waals surface area contributed by atoms with Gasteiger partial charge in [0.2, 0.25) is 5.91 Å². The fourth-order valence-corrected chi connectivity index (χ4v) is 6.09. The van der Waals surface area contributed by atoms with Gasteiger partial charge in [-0.15, -0.1) is 0 Å². The maximum absolute atomic E-state index is 14.5. The molecule has 9 heteroatoms. The number of hydrogen-bond donors (Lipinski definition) is 1. The molecule has 9 nitrogen and oxygen atoms in total. The summed E-state index contributed by atoms with van der Waals surface area (Å²) in [7, 11) is 0. The minimum Gasteiger partial charge on any atom is -0.353 e. The van der Waals surface area contributed by atoms with E-state index in [0.717, 1.165) is 82.4 Å². The molecule has 254 valence electrons. The van der Waals surface area contributed by atoms with Crippen molar-refractivity contribution in [2.24, 2.45) is 0 Å². The summed E-state index contributed by atoms with van der Waals surface area (Å²) in [5.41, 5.74) is 1.45. The summed E-state index contributed by atoms with van der Waals surface area (Å²) < 4.78 is 0. The number of urea groups is 2. The molecule has 1 heterocycles. The highest BCUT2D eigenvalue weighted by Gasteiger charge is 2.40. The van der Waals surface area contributed by atoms with Gasteiger partial charge < -0.3 is 24.9 Å². The fourth-order valence-electron chi connectivity index (χ4n) is 6.09. The monoisotopic (exact) mass is 634 g/mol.